The van der Waals surface area contributed by atoms with Crippen LogP contribution in [0.5, 0.6) is 0 Å². The van der Waals surface area contributed by atoms with Crippen LogP contribution >= 0.6 is 12.2 Å². The first-order chi connectivity index (χ1) is 8.31. The van der Waals surface area contributed by atoms with Gasteiger partial charge in [0.05, 0.1) is 0 Å². The maximum Gasteiger partial charge on any atom is 0.169 e. The van der Waals surface area contributed by atoms with Gasteiger partial charge in [-0.2, -0.15) is 0 Å². The van der Waals surface area contributed by atoms with Gasteiger partial charge in [-0.25, -0.2) is 0 Å². The van der Waals surface area contributed by atoms with Gasteiger partial charge >= 0.3 is 0 Å². The summed E-state index contributed by atoms with van der Waals surface area (Å²) in [6.07, 6.45) is 7.97. The van der Waals surface area contributed by atoms with Crippen LogP contribution in [0.1, 0.15) is 18.4 Å². The lowest BCUT2D eigenvalue weighted by Crippen LogP contribution is -2.40. The predicted molar refractivity (Wildman–Crippen MR) is 73.6 cm³/mol. The highest BCUT2D eigenvalue weighted by Gasteiger charge is 2.30. The van der Waals surface area contributed by atoms with E-state index in [4.69, 9.17) is 12.2 Å². The average molecular weight is 247 g/mol. The Labute approximate surface area is 108 Å². The molecule has 1 saturated carbocycles. The van der Waals surface area contributed by atoms with Crippen LogP contribution in [-0.4, -0.2) is 27.6 Å². The van der Waals surface area contributed by atoms with E-state index in [2.05, 4.69) is 27.8 Å². The minimum absolute atomic E-state index is 0.597. The van der Waals surface area contributed by atoms with Crippen molar-refractivity contribution >= 4 is 17.3 Å². The van der Waals surface area contributed by atoms with Crippen LogP contribution in [0.25, 0.3) is 0 Å². The number of pyridine rings is 1. The third kappa shape index (κ3) is 3.53. The molecule has 4 heteroatoms. The van der Waals surface area contributed by atoms with Crippen LogP contribution in [0.2, 0.25) is 0 Å². The lowest BCUT2D eigenvalue weighted by Gasteiger charge is -2.25. The van der Waals surface area contributed by atoms with Gasteiger partial charge in [0.15, 0.2) is 5.11 Å². The van der Waals surface area contributed by atoms with Crippen LogP contribution < -0.4 is 5.32 Å². The van der Waals surface area contributed by atoms with Gasteiger partial charge in [0.1, 0.15) is 0 Å². The smallest absolute Gasteiger partial charge is 0.169 e. The molecule has 0 bridgehead atoms. The van der Waals surface area contributed by atoms with E-state index >= 15 is 0 Å². The molecule has 1 fully saturated rings. The zero-order chi connectivity index (χ0) is 12.1. The molecule has 0 radical (unpaired) electrons. The van der Waals surface area contributed by atoms with Crippen molar-refractivity contribution in [2.24, 2.45) is 0 Å². The van der Waals surface area contributed by atoms with E-state index in [0.29, 0.717) is 6.04 Å². The molecule has 1 N–H and O–H groups in total. The topological polar surface area (TPSA) is 28.2 Å². The quantitative estimate of drug-likeness (QED) is 0.637. The summed E-state index contributed by atoms with van der Waals surface area (Å²) in [5.41, 5.74) is 1.20. The molecule has 1 aromatic rings. The number of hydrogen-bond donors (Lipinski definition) is 1. The van der Waals surface area contributed by atoms with Gasteiger partial charge in [0.25, 0.3) is 0 Å². The van der Waals surface area contributed by atoms with Crippen LogP contribution in [0.15, 0.2) is 37.2 Å². The fourth-order valence-corrected chi connectivity index (χ4v) is 2.00. The molecular weight excluding hydrogens is 230 g/mol. The highest BCUT2D eigenvalue weighted by molar-refractivity contribution is 7.80. The van der Waals surface area contributed by atoms with Crippen molar-refractivity contribution in [3.63, 3.8) is 0 Å². The SMILES string of the molecule is C=CCNC(=S)N(Cc1cccnc1)C1CC1. The molecule has 17 heavy (non-hydrogen) atoms. The lowest BCUT2D eigenvalue weighted by molar-refractivity contribution is 0.397. The molecule has 1 aromatic heterocycles. The molecule has 0 unspecified atom stereocenters. The molecule has 0 aliphatic heterocycles. The minimum atomic E-state index is 0.597. The van der Waals surface area contributed by atoms with Crippen LogP contribution in [0.4, 0.5) is 0 Å². The number of nitrogens with one attached hydrogen (secondary N) is 1. The van der Waals surface area contributed by atoms with E-state index in [0.717, 1.165) is 18.2 Å². The van der Waals surface area contributed by atoms with Crippen LogP contribution in [-0.2, 0) is 6.54 Å². The second kappa shape index (κ2) is 5.77. The second-order valence-electron chi connectivity index (χ2n) is 4.20. The molecule has 0 aromatic carbocycles. The summed E-state index contributed by atoms with van der Waals surface area (Å²) >= 11 is 5.40. The van der Waals surface area contributed by atoms with Gasteiger partial charge in [-0.15, -0.1) is 6.58 Å². The first-order valence-corrected chi connectivity index (χ1v) is 6.26. The Bertz CT molecular complexity index is 387. The maximum absolute atomic E-state index is 5.40. The van der Waals surface area contributed by atoms with Crippen molar-refractivity contribution in [1.29, 1.82) is 0 Å². The first-order valence-electron chi connectivity index (χ1n) is 5.85. The highest BCUT2D eigenvalue weighted by atomic mass is 32.1. The first kappa shape index (κ1) is 12.0. The lowest BCUT2D eigenvalue weighted by atomic mass is 10.2. The highest BCUT2D eigenvalue weighted by Crippen LogP contribution is 2.28. The molecule has 1 heterocycles. The number of aromatic nitrogens is 1. The Morgan fingerprint density at radius 3 is 3.06 bits per heavy atom. The number of hydrogen-bond acceptors (Lipinski definition) is 2. The molecule has 0 atom stereocenters. The van der Waals surface area contributed by atoms with Crippen molar-refractivity contribution < 1.29 is 0 Å². The maximum atomic E-state index is 5.40. The summed E-state index contributed by atoms with van der Waals surface area (Å²) in [5.74, 6) is 0. The minimum Gasteiger partial charge on any atom is -0.359 e. The van der Waals surface area contributed by atoms with Crippen molar-refractivity contribution in [2.45, 2.75) is 25.4 Å². The fourth-order valence-electron chi connectivity index (χ4n) is 1.70. The van der Waals surface area contributed by atoms with Crippen LogP contribution in [0, 0.1) is 0 Å². The van der Waals surface area contributed by atoms with Gasteiger partial charge < -0.3 is 10.2 Å². The molecule has 1 aliphatic carbocycles. The van der Waals surface area contributed by atoms with Crippen molar-refractivity contribution in [3.05, 3.63) is 42.7 Å². The molecule has 2 rings (SSSR count). The van der Waals surface area contributed by atoms with E-state index in [1.165, 1.54) is 18.4 Å². The van der Waals surface area contributed by atoms with E-state index in [-0.39, 0.29) is 0 Å². The normalized spacial score (nSPS) is 14.1. The van der Waals surface area contributed by atoms with E-state index < -0.39 is 0 Å². The molecule has 90 valence electrons. The molecule has 0 amide bonds. The zero-order valence-corrected chi connectivity index (χ0v) is 10.6. The molecule has 1 aliphatic rings. The zero-order valence-electron chi connectivity index (χ0n) is 9.80. The Morgan fingerprint density at radius 1 is 1.65 bits per heavy atom. The molecular formula is C13H17N3S. The third-order valence-electron chi connectivity index (χ3n) is 2.72. The summed E-state index contributed by atoms with van der Waals surface area (Å²) in [6.45, 7) is 5.24. The van der Waals surface area contributed by atoms with Gasteiger partial charge in [0.2, 0.25) is 0 Å². The number of rotatable bonds is 5. The van der Waals surface area contributed by atoms with Crippen molar-refractivity contribution in [3.8, 4) is 0 Å². The number of thiocarbonyl (C=S) groups is 1. The summed E-state index contributed by atoms with van der Waals surface area (Å²) in [4.78, 5) is 6.38. The van der Waals surface area contributed by atoms with Gasteiger partial charge in [0, 0.05) is 31.5 Å². The fraction of sp³-hybridized carbons (Fsp3) is 0.385. The largest absolute Gasteiger partial charge is 0.359 e. The molecule has 0 spiro atoms. The van der Waals surface area contributed by atoms with E-state index in [1.807, 2.05) is 18.3 Å². The Morgan fingerprint density at radius 2 is 2.47 bits per heavy atom. The van der Waals surface area contributed by atoms with Gasteiger partial charge in [-0.05, 0) is 36.7 Å². The summed E-state index contributed by atoms with van der Waals surface area (Å²) < 4.78 is 0. The standard InChI is InChI=1S/C13H17N3S/c1-2-7-15-13(17)16(12-5-6-12)10-11-4-3-8-14-9-11/h2-4,8-9,12H,1,5-7,10H2,(H,15,17). The molecule has 0 saturated heterocycles. The summed E-state index contributed by atoms with van der Waals surface area (Å²) in [5, 5.41) is 4.01. The number of nitrogens with zero attached hydrogens (tertiary/aromatic N) is 2. The average Bonchev–Trinajstić information content (AvgIpc) is 3.18. The molecule has 3 nitrogen and oxygen atoms in total. The van der Waals surface area contributed by atoms with Crippen molar-refractivity contribution in [1.82, 2.24) is 15.2 Å². The summed E-state index contributed by atoms with van der Waals surface area (Å²) in [6, 6.07) is 4.64. The predicted octanol–water partition coefficient (Wildman–Crippen LogP) is 2.11. The Hall–Kier alpha value is -1.42. The Balaban J connectivity index is 1.97. The third-order valence-corrected chi connectivity index (χ3v) is 3.10. The summed E-state index contributed by atoms with van der Waals surface area (Å²) in [7, 11) is 0. The van der Waals surface area contributed by atoms with Crippen LogP contribution in [0.3, 0.4) is 0 Å². The van der Waals surface area contributed by atoms with Crippen molar-refractivity contribution in [2.75, 3.05) is 6.54 Å². The van der Waals surface area contributed by atoms with Gasteiger partial charge in [-0.1, -0.05) is 12.1 Å². The van der Waals surface area contributed by atoms with E-state index in [9.17, 15) is 0 Å². The second-order valence-corrected chi connectivity index (χ2v) is 4.58. The Kier molecular flexibility index (Phi) is 4.09. The van der Waals surface area contributed by atoms with E-state index in [1.54, 1.807) is 6.20 Å². The van der Waals surface area contributed by atoms with Gasteiger partial charge in [-0.3, -0.25) is 4.98 Å². The monoisotopic (exact) mass is 247 g/mol.